The molecule has 0 aliphatic carbocycles. The molecule has 104 valence electrons. The first kappa shape index (κ1) is 15.1. The molecule has 0 saturated carbocycles. The van der Waals surface area contributed by atoms with Gasteiger partial charge in [0, 0.05) is 17.0 Å². The molecule has 2 nitrogen and oxygen atoms in total. The zero-order valence-corrected chi connectivity index (χ0v) is 13.3. The summed E-state index contributed by atoms with van der Waals surface area (Å²) < 4.78 is 26.7. The Kier molecular flexibility index (Phi) is 4.88. The largest absolute Gasteiger partial charge is 0.319 e. The predicted molar refractivity (Wildman–Crippen MR) is 81.1 cm³/mol. The minimum atomic E-state index is -0.823. The van der Waals surface area contributed by atoms with Gasteiger partial charge in [0.1, 0.15) is 11.6 Å². The van der Waals surface area contributed by atoms with Crippen molar-refractivity contribution in [3.8, 4) is 0 Å². The van der Waals surface area contributed by atoms with Gasteiger partial charge in [-0.05, 0) is 39.7 Å². The van der Waals surface area contributed by atoms with Crippen LogP contribution in [0.15, 0.2) is 40.9 Å². The lowest BCUT2D eigenvalue weighted by Crippen LogP contribution is -2.13. The Balaban J connectivity index is 2.20. The molecule has 0 saturated heterocycles. The second-order valence-electron chi connectivity index (χ2n) is 4.03. The first-order chi connectivity index (χ1) is 9.51. The Hall–Kier alpha value is -1.27. The maximum Gasteiger partial charge on any atom is 0.255 e. The molecule has 0 aliphatic heterocycles. The van der Waals surface area contributed by atoms with Crippen LogP contribution in [0, 0.1) is 11.6 Å². The van der Waals surface area contributed by atoms with Crippen molar-refractivity contribution >= 4 is 43.5 Å². The molecule has 0 aromatic heterocycles. The minimum Gasteiger partial charge on any atom is -0.319 e. The van der Waals surface area contributed by atoms with Gasteiger partial charge in [-0.25, -0.2) is 8.78 Å². The molecule has 0 unspecified atom stereocenters. The van der Waals surface area contributed by atoms with Crippen molar-refractivity contribution in [2.24, 2.45) is 0 Å². The summed E-state index contributed by atoms with van der Waals surface area (Å²) >= 11 is 6.25. The van der Waals surface area contributed by atoms with Crippen molar-refractivity contribution in [3.05, 3.63) is 63.6 Å². The number of halogens is 4. The molecule has 20 heavy (non-hydrogen) atoms. The molecule has 1 N–H and O–H groups in total. The van der Waals surface area contributed by atoms with Crippen LogP contribution in [0.3, 0.4) is 0 Å². The quantitative estimate of drug-likeness (QED) is 0.573. The van der Waals surface area contributed by atoms with Gasteiger partial charge in [0.15, 0.2) is 0 Å². The summed E-state index contributed by atoms with van der Waals surface area (Å²) in [6, 6.07) is 8.77. The fourth-order valence-corrected chi connectivity index (χ4v) is 2.28. The predicted octanol–water partition coefficient (Wildman–Crippen LogP) is 4.87. The van der Waals surface area contributed by atoms with Gasteiger partial charge >= 0.3 is 0 Å². The van der Waals surface area contributed by atoms with Crippen LogP contribution in [0.2, 0.25) is 0 Å². The standard InChI is InChI=1S/C14H9Br2F2NO/c15-7-8-1-3-9(4-2-8)14(20)19-13-5-10(16)11(17)6-12(13)18/h1-6H,7H2,(H,19,20). The third-order valence-electron chi connectivity index (χ3n) is 2.63. The molecular formula is C14H9Br2F2NO. The topological polar surface area (TPSA) is 29.1 Å². The van der Waals surface area contributed by atoms with E-state index in [4.69, 9.17) is 0 Å². The van der Waals surface area contributed by atoms with Crippen molar-refractivity contribution in [2.75, 3.05) is 5.32 Å². The van der Waals surface area contributed by atoms with Crippen molar-refractivity contribution in [2.45, 2.75) is 5.33 Å². The van der Waals surface area contributed by atoms with Gasteiger partial charge in [-0.3, -0.25) is 4.79 Å². The second kappa shape index (κ2) is 6.45. The van der Waals surface area contributed by atoms with Crippen molar-refractivity contribution in [3.63, 3.8) is 0 Å². The third-order valence-corrected chi connectivity index (χ3v) is 3.88. The van der Waals surface area contributed by atoms with Crippen molar-refractivity contribution in [1.29, 1.82) is 0 Å². The Morgan fingerprint density at radius 1 is 1.10 bits per heavy atom. The average Bonchev–Trinajstić information content (AvgIpc) is 2.44. The fraction of sp³-hybridized carbons (Fsp3) is 0.0714. The van der Waals surface area contributed by atoms with E-state index >= 15 is 0 Å². The average molecular weight is 405 g/mol. The molecule has 0 bridgehead atoms. The molecule has 2 aromatic carbocycles. The van der Waals surface area contributed by atoms with E-state index in [9.17, 15) is 13.6 Å². The highest BCUT2D eigenvalue weighted by molar-refractivity contribution is 9.10. The number of amides is 1. The number of hydrogen-bond donors (Lipinski definition) is 1. The van der Waals surface area contributed by atoms with Crippen molar-refractivity contribution < 1.29 is 13.6 Å². The summed E-state index contributed by atoms with van der Waals surface area (Å²) in [5, 5.41) is 3.10. The number of alkyl halides is 1. The molecule has 0 radical (unpaired) electrons. The number of carbonyl (C=O) groups excluding carboxylic acids is 1. The summed E-state index contributed by atoms with van der Waals surface area (Å²) in [7, 11) is 0. The lowest BCUT2D eigenvalue weighted by molar-refractivity contribution is 0.102. The number of hydrogen-bond acceptors (Lipinski definition) is 1. The summed E-state index contributed by atoms with van der Waals surface area (Å²) in [5.41, 5.74) is 1.35. The van der Waals surface area contributed by atoms with Crippen LogP contribution in [0.1, 0.15) is 15.9 Å². The summed E-state index contributed by atoms with van der Waals surface area (Å²) in [4.78, 5) is 12.0. The molecule has 6 heteroatoms. The SMILES string of the molecule is O=C(Nc1cc(Br)c(F)cc1F)c1ccc(CBr)cc1. The van der Waals surface area contributed by atoms with Gasteiger partial charge in [-0.15, -0.1) is 0 Å². The Labute approximate surface area is 131 Å². The van der Waals surface area contributed by atoms with Crippen LogP contribution in [0.25, 0.3) is 0 Å². The zero-order chi connectivity index (χ0) is 14.7. The highest BCUT2D eigenvalue weighted by Crippen LogP contribution is 2.24. The summed E-state index contributed by atoms with van der Waals surface area (Å²) in [6.45, 7) is 0. The Morgan fingerprint density at radius 2 is 1.75 bits per heavy atom. The number of benzene rings is 2. The number of carbonyl (C=O) groups is 1. The third kappa shape index (κ3) is 3.43. The molecule has 2 aromatic rings. The van der Waals surface area contributed by atoms with E-state index in [-0.39, 0.29) is 10.2 Å². The number of rotatable bonds is 3. The summed E-state index contributed by atoms with van der Waals surface area (Å²) in [5.74, 6) is -2.00. The van der Waals surface area contributed by atoms with E-state index in [0.717, 1.165) is 5.56 Å². The van der Waals surface area contributed by atoms with Crippen LogP contribution >= 0.6 is 31.9 Å². The monoisotopic (exact) mass is 403 g/mol. The Morgan fingerprint density at radius 3 is 2.35 bits per heavy atom. The number of anilines is 1. The smallest absolute Gasteiger partial charge is 0.255 e. The summed E-state index contributed by atoms with van der Waals surface area (Å²) in [6.07, 6.45) is 0. The van der Waals surface area contributed by atoms with E-state index in [1.165, 1.54) is 6.07 Å². The van der Waals surface area contributed by atoms with Crippen LogP contribution in [0.5, 0.6) is 0 Å². The van der Waals surface area contributed by atoms with Gasteiger partial charge in [-0.1, -0.05) is 28.1 Å². The first-order valence-corrected chi connectivity index (χ1v) is 7.53. The van der Waals surface area contributed by atoms with E-state index in [0.29, 0.717) is 17.0 Å². The highest BCUT2D eigenvalue weighted by atomic mass is 79.9. The number of nitrogens with one attached hydrogen (secondary N) is 1. The molecule has 2 rings (SSSR count). The van der Waals surface area contributed by atoms with Gasteiger partial charge in [0.2, 0.25) is 0 Å². The van der Waals surface area contributed by atoms with Crippen molar-refractivity contribution in [1.82, 2.24) is 0 Å². The van der Waals surface area contributed by atoms with E-state index in [1.54, 1.807) is 24.3 Å². The molecule has 0 fully saturated rings. The van der Waals surface area contributed by atoms with Gasteiger partial charge in [0.05, 0.1) is 10.2 Å². The van der Waals surface area contributed by atoms with Gasteiger partial charge < -0.3 is 5.32 Å². The van der Waals surface area contributed by atoms with Crippen LogP contribution in [-0.4, -0.2) is 5.91 Å². The van der Waals surface area contributed by atoms with Crippen LogP contribution in [0.4, 0.5) is 14.5 Å². The van der Waals surface area contributed by atoms with Crippen LogP contribution < -0.4 is 5.32 Å². The lowest BCUT2D eigenvalue weighted by Gasteiger charge is -2.08. The maximum atomic E-state index is 13.5. The van der Waals surface area contributed by atoms with Crippen LogP contribution in [-0.2, 0) is 5.33 Å². The maximum absolute atomic E-state index is 13.5. The fourth-order valence-electron chi connectivity index (χ4n) is 1.56. The molecule has 0 aliphatic rings. The molecule has 0 atom stereocenters. The minimum absolute atomic E-state index is 0.0761. The van der Waals surface area contributed by atoms with E-state index in [1.807, 2.05) is 0 Å². The normalized spacial score (nSPS) is 10.4. The van der Waals surface area contributed by atoms with E-state index < -0.39 is 17.5 Å². The second-order valence-corrected chi connectivity index (χ2v) is 5.45. The van der Waals surface area contributed by atoms with Gasteiger partial charge in [-0.2, -0.15) is 0 Å². The molecule has 1 amide bonds. The molecule has 0 heterocycles. The lowest BCUT2D eigenvalue weighted by atomic mass is 10.1. The highest BCUT2D eigenvalue weighted by Gasteiger charge is 2.12. The van der Waals surface area contributed by atoms with Gasteiger partial charge in [0.25, 0.3) is 5.91 Å². The van der Waals surface area contributed by atoms with E-state index in [2.05, 4.69) is 37.2 Å². The molecular weight excluding hydrogens is 396 g/mol. The zero-order valence-electron chi connectivity index (χ0n) is 10.1. The Bertz CT molecular complexity index is 644. The first-order valence-electron chi connectivity index (χ1n) is 5.62. The molecule has 0 spiro atoms.